The lowest BCUT2D eigenvalue weighted by Gasteiger charge is -2.42. The zero-order valence-corrected chi connectivity index (χ0v) is 27.4. The number of hydrogen-bond acceptors (Lipinski definition) is 10. The number of fused-ring (bicyclic) bond motifs is 2. The summed E-state index contributed by atoms with van der Waals surface area (Å²) in [6, 6.07) is 3.98. The van der Waals surface area contributed by atoms with E-state index in [0.717, 1.165) is 74.1 Å². The number of amides is 2. The highest BCUT2D eigenvalue weighted by Crippen LogP contribution is 2.41. The summed E-state index contributed by atoms with van der Waals surface area (Å²) in [4.78, 5) is 58.8. The number of carbonyl (C=O) groups is 4. The summed E-state index contributed by atoms with van der Waals surface area (Å²) in [5, 5.41) is 9.20. The Hall–Kier alpha value is -4.42. The van der Waals surface area contributed by atoms with E-state index in [4.69, 9.17) is 9.47 Å². The molecule has 6 heterocycles. The molecule has 2 amide bonds. The van der Waals surface area contributed by atoms with Crippen LogP contribution in [0.2, 0.25) is 0 Å². The van der Waals surface area contributed by atoms with Crippen LogP contribution in [-0.4, -0.2) is 85.1 Å². The number of aromatic nitrogens is 2. The van der Waals surface area contributed by atoms with Crippen molar-refractivity contribution in [1.82, 2.24) is 20.2 Å². The number of pyridine rings is 2. The van der Waals surface area contributed by atoms with E-state index in [1.807, 2.05) is 12.1 Å². The lowest BCUT2D eigenvalue weighted by molar-refractivity contribution is -0.138. The molecule has 0 saturated carbocycles. The largest absolute Gasteiger partial charge is 0.463 e. The molecule has 2 aromatic rings. The summed E-state index contributed by atoms with van der Waals surface area (Å²) in [6.07, 6.45) is 14.3. The molecule has 2 fully saturated rings. The van der Waals surface area contributed by atoms with Crippen molar-refractivity contribution in [2.45, 2.75) is 52.4 Å². The molecule has 2 aromatic heterocycles. The predicted octanol–water partition coefficient (Wildman–Crippen LogP) is 3.39. The lowest BCUT2D eigenvalue weighted by Crippen LogP contribution is -2.49. The highest BCUT2D eigenvalue weighted by Gasteiger charge is 2.45. The SMILES string of the molecule is CCOC(=O)/C=C/c1cnc2c(c1)CC1(CCN(C)CC1)C(=O)N2.CCOC(=O)/C=C/c1cnc2c(c1)CC1(CCNCC1)C(=O)N2. The third-order valence-corrected chi connectivity index (χ3v) is 9.36. The number of ether oxygens (including phenoxy) is 2. The van der Waals surface area contributed by atoms with E-state index in [0.29, 0.717) is 37.7 Å². The smallest absolute Gasteiger partial charge is 0.330 e. The third-order valence-electron chi connectivity index (χ3n) is 9.36. The fourth-order valence-electron chi connectivity index (χ4n) is 6.57. The van der Waals surface area contributed by atoms with Crippen molar-refractivity contribution in [3.05, 3.63) is 58.9 Å². The Morgan fingerprint density at radius 2 is 1.23 bits per heavy atom. The van der Waals surface area contributed by atoms with Crippen LogP contribution in [0, 0.1) is 10.8 Å². The minimum Gasteiger partial charge on any atom is -0.463 e. The third kappa shape index (κ3) is 8.12. The Labute approximate surface area is 275 Å². The molecule has 0 radical (unpaired) electrons. The van der Waals surface area contributed by atoms with Crippen LogP contribution < -0.4 is 16.0 Å². The first kappa shape index (κ1) is 33.9. The maximum Gasteiger partial charge on any atom is 0.330 e. The second-order valence-corrected chi connectivity index (χ2v) is 12.6. The van der Waals surface area contributed by atoms with Gasteiger partial charge in [-0.25, -0.2) is 19.6 Å². The zero-order valence-electron chi connectivity index (χ0n) is 27.4. The van der Waals surface area contributed by atoms with Crippen LogP contribution in [0.3, 0.4) is 0 Å². The van der Waals surface area contributed by atoms with Gasteiger partial charge in [-0.15, -0.1) is 0 Å². The Bertz CT molecular complexity index is 1560. The molecule has 4 aliphatic heterocycles. The van der Waals surface area contributed by atoms with E-state index in [2.05, 4.69) is 37.9 Å². The molecule has 0 atom stereocenters. The van der Waals surface area contributed by atoms with Crippen molar-refractivity contribution in [3.8, 4) is 0 Å². The Balaban J connectivity index is 0.000000185. The zero-order chi connectivity index (χ0) is 33.4. The van der Waals surface area contributed by atoms with Gasteiger partial charge in [0.2, 0.25) is 11.8 Å². The number of nitrogens with one attached hydrogen (secondary N) is 3. The van der Waals surface area contributed by atoms with Gasteiger partial charge in [-0.2, -0.15) is 0 Å². The monoisotopic (exact) mass is 644 g/mol. The molecule has 0 aromatic carbocycles. The number of nitrogens with zero attached hydrogens (tertiary/aromatic N) is 3. The van der Waals surface area contributed by atoms with Crippen molar-refractivity contribution < 1.29 is 28.7 Å². The molecule has 0 aliphatic carbocycles. The molecule has 4 aliphatic rings. The van der Waals surface area contributed by atoms with Crippen LogP contribution >= 0.6 is 0 Å². The van der Waals surface area contributed by atoms with Crippen LogP contribution in [0.15, 0.2) is 36.7 Å². The van der Waals surface area contributed by atoms with Gasteiger partial charge >= 0.3 is 11.9 Å². The van der Waals surface area contributed by atoms with Crippen LogP contribution in [-0.2, 0) is 41.5 Å². The Morgan fingerprint density at radius 1 is 0.787 bits per heavy atom. The molecular formula is C35H44N6O6. The molecule has 250 valence electrons. The number of carbonyl (C=O) groups excluding carboxylic acids is 4. The average Bonchev–Trinajstić information content (AvgIpc) is 3.06. The minimum atomic E-state index is -0.367. The van der Waals surface area contributed by atoms with E-state index in [1.165, 1.54) is 12.2 Å². The van der Waals surface area contributed by atoms with Gasteiger partial charge in [0.1, 0.15) is 11.6 Å². The van der Waals surface area contributed by atoms with Crippen molar-refractivity contribution in [3.63, 3.8) is 0 Å². The number of hydrogen-bond donors (Lipinski definition) is 3. The Kier molecular flexibility index (Phi) is 10.8. The van der Waals surface area contributed by atoms with Crippen molar-refractivity contribution in [2.75, 3.05) is 57.1 Å². The molecule has 12 heteroatoms. The second kappa shape index (κ2) is 15.0. The molecule has 2 spiro atoms. The van der Waals surface area contributed by atoms with Gasteiger partial charge in [0.05, 0.1) is 24.0 Å². The molecule has 0 bridgehead atoms. The highest BCUT2D eigenvalue weighted by molar-refractivity contribution is 5.98. The van der Waals surface area contributed by atoms with E-state index < -0.39 is 0 Å². The van der Waals surface area contributed by atoms with Crippen molar-refractivity contribution >= 4 is 47.5 Å². The van der Waals surface area contributed by atoms with Gasteiger partial charge in [0, 0.05) is 24.5 Å². The maximum absolute atomic E-state index is 12.6. The minimum absolute atomic E-state index is 0.0776. The van der Waals surface area contributed by atoms with Gasteiger partial charge in [0.15, 0.2) is 0 Å². The first-order valence-electron chi connectivity index (χ1n) is 16.3. The first-order valence-corrected chi connectivity index (χ1v) is 16.3. The normalized spacial score (nSPS) is 19.7. The lowest BCUT2D eigenvalue weighted by atomic mass is 9.71. The maximum atomic E-state index is 12.6. The molecule has 6 rings (SSSR count). The summed E-state index contributed by atoms with van der Waals surface area (Å²) < 4.78 is 9.75. The van der Waals surface area contributed by atoms with Gasteiger partial charge in [-0.1, -0.05) is 0 Å². The molecule has 3 N–H and O–H groups in total. The summed E-state index contributed by atoms with van der Waals surface area (Å²) in [5.74, 6) is 0.702. The summed E-state index contributed by atoms with van der Waals surface area (Å²) in [5.41, 5.74) is 3.06. The second-order valence-electron chi connectivity index (χ2n) is 12.6. The van der Waals surface area contributed by atoms with Gasteiger partial charge in [-0.05, 0) is 132 Å². The fourth-order valence-corrected chi connectivity index (χ4v) is 6.57. The van der Waals surface area contributed by atoms with Crippen LogP contribution in [0.5, 0.6) is 0 Å². The first-order chi connectivity index (χ1) is 22.6. The van der Waals surface area contributed by atoms with Crippen LogP contribution in [0.25, 0.3) is 12.2 Å². The standard InChI is InChI=1S/C18H23N3O3.C17H21N3O3/c1-3-24-15(22)5-4-13-10-14-11-18(6-8-21(2)9-7-18)17(23)20-16(14)19-12-13;1-2-23-14(21)4-3-12-9-13-10-17(5-7-18-8-6-17)16(22)20-15(13)19-11-12/h4-5,10,12H,3,6-9,11H2,1-2H3,(H,19,20,23);3-4,9,11,18H,2,5-8,10H2,1H3,(H,19,20,22)/b5-4+;4-3+. The molecule has 0 unspecified atom stereocenters. The predicted molar refractivity (Wildman–Crippen MR) is 178 cm³/mol. The average molecular weight is 645 g/mol. The quantitative estimate of drug-likeness (QED) is 0.315. The number of anilines is 2. The number of piperidine rings is 2. The molecule has 47 heavy (non-hydrogen) atoms. The highest BCUT2D eigenvalue weighted by atomic mass is 16.5. The summed E-state index contributed by atoms with van der Waals surface area (Å²) in [6.45, 7) is 7.83. The topological polar surface area (TPSA) is 152 Å². The number of likely N-dealkylation sites (tertiary alicyclic amines) is 1. The number of esters is 2. The van der Waals surface area contributed by atoms with E-state index in [9.17, 15) is 19.2 Å². The summed E-state index contributed by atoms with van der Waals surface area (Å²) in [7, 11) is 2.08. The van der Waals surface area contributed by atoms with E-state index in [-0.39, 0.29) is 34.6 Å². The van der Waals surface area contributed by atoms with Gasteiger partial charge < -0.3 is 30.3 Å². The van der Waals surface area contributed by atoms with Crippen molar-refractivity contribution in [2.24, 2.45) is 10.8 Å². The van der Waals surface area contributed by atoms with E-state index in [1.54, 1.807) is 38.4 Å². The van der Waals surface area contributed by atoms with Gasteiger partial charge in [0.25, 0.3) is 0 Å². The van der Waals surface area contributed by atoms with Gasteiger partial charge in [-0.3, -0.25) is 9.59 Å². The number of rotatable bonds is 6. The van der Waals surface area contributed by atoms with Crippen LogP contribution in [0.4, 0.5) is 11.6 Å². The van der Waals surface area contributed by atoms with Crippen LogP contribution in [0.1, 0.15) is 61.8 Å². The summed E-state index contributed by atoms with van der Waals surface area (Å²) >= 11 is 0. The molecule has 12 nitrogen and oxygen atoms in total. The molecular weight excluding hydrogens is 600 g/mol. The van der Waals surface area contributed by atoms with Crippen molar-refractivity contribution in [1.29, 1.82) is 0 Å². The Morgan fingerprint density at radius 3 is 1.68 bits per heavy atom. The molecule has 2 saturated heterocycles. The fraction of sp³-hybridized carbons (Fsp3) is 0.486. The van der Waals surface area contributed by atoms with E-state index >= 15 is 0 Å².